The van der Waals surface area contributed by atoms with Crippen LogP contribution in [0.15, 0.2) is 47.0 Å². The second-order valence-corrected chi connectivity index (χ2v) is 7.23. The van der Waals surface area contributed by atoms with E-state index in [1.54, 1.807) is 56.8 Å². The monoisotopic (exact) mass is 400 g/mol. The van der Waals surface area contributed by atoms with Crippen molar-refractivity contribution < 1.29 is 22.3 Å². The molecule has 4 rings (SSSR count). The summed E-state index contributed by atoms with van der Waals surface area (Å²) in [5.41, 5.74) is 2.84. The molecule has 2 heterocycles. The maximum Gasteiger partial charge on any atom is 0.296 e. The topological polar surface area (TPSA) is 130 Å². The second-order valence-electron chi connectivity index (χ2n) is 5.94. The number of nitrogens with one attached hydrogen (secondary N) is 1. The predicted octanol–water partition coefficient (Wildman–Crippen LogP) is 2.68. The molecule has 0 aliphatic heterocycles. The van der Waals surface area contributed by atoms with Crippen molar-refractivity contribution in [3.8, 4) is 23.0 Å². The van der Waals surface area contributed by atoms with E-state index in [0.717, 1.165) is 5.39 Å². The average Bonchev–Trinajstić information content (AvgIpc) is 3.10. The van der Waals surface area contributed by atoms with E-state index in [1.165, 1.54) is 0 Å². The SMILES string of the molecule is COc1cc2ncc3nc(-c4ccc(NS(N)(=O)=O)cc4)oc3c2cc1OC. The van der Waals surface area contributed by atoms with E-state index in [0.29, 0.717) is 45.3 Å². The number of nitrogens with two attached hydrogens (primary N) is 1. The van der Waals surface area contributed by atoms with Gasteiger partial charge in [-0.15, -0.1) is 0 Å². The number of methoxy groups -OCH3 is 2. The van der Waals surface area contributed by atoms with Gasteiger partial charge in [0.15, 0.2) is 17.1 Å². The zero-order valence-corrected chi connectivity index (χ0v) is 15.8. The molecule has 2 aromatic heterocycles. The van der Waals surface area contributed by atoms with Gasteiger partial charge in [0.2, 0.25) is 5.89 Å². The first kappa shape index (κ1) is 18.0. The first-order chi connectivity index (χ1) is 13.4. The molecule has 0 aliphatic rings. The Morgan fingerprint density at radius 1 is 1.04 bits per heavy atom. The minimum Gasteiger partial charge on any atom is -0.493 e. The van der Waals surface area contributed by atoms with Crippen LogP contribution in [0.25, 0.3) is 33.5 Å². The molecule has 0 spiro atoms. The summed E-state index contributed by atoms with van der Waals surface area (Å²) in [6.45, 7) is 0. The van der Waals surface area contributed by atoms with Crippen LogP contribution in [0.1, 0.15) is 0 Å². The van der Waals surface area contributed by atoms with Crippen LogP contribution in [0.4, 0.5) is 5.69 Å². The number of aromatic nitrogens is 2. The van der Waals surface area contributed by atoms with Crippen LogP contribution in [-0.2, 0) is 10.2 Å². The van der Waals surface area contributed by atoms with Crippen molar-refractivity contribution >= 4 is 37.9 Å². The lowest BCUT2D eigenvalue weighted by molar-refractivity contribution is 0.356. The Morgan fingerprint density at radius 2 is 1.71 bits per heavy atom. The van der Waals surface area contributed by atoms with Crippen molar-refractivity contribution in [3.05, 3.63) is 42.6 Å². The molecular formula is C18H16N4O5S. The molecule has 0 saturated heterocycles. The molecule has 2 aromatic carbocycles. The van der Waals surface area contributed by atoms with Gasteiger partial charge in [0.05, 0.1) is 25.9 Å². The van der Waals surface area contributed by atoms with E-state index >= 15 is 0 Å². The minimum absolute atomic E-state index is 0.339. The van der Waals surface area contributed by atoms with Gasteiger partial charge in [-0.3, -0.25) is 9.71 Å². The molecule has 0 bridgehead atoms. The van der Waals surface area contributed by atoms with Crippen LogP contribution >= 0.6 is 0 Å². The molecule has 144 valence electrons. The lowest BCUT2D eigenvalue weighted by Gasteiger charge is -2.08. The standard InChI is InChI=1S/C18H16N4O5S/c1-25-15-7-12-13(8-16(15)26-2)20-9-14-17(12)27-18(21-14)10-3-5-11(6-4-10)22-28(19,23)24/h3-9,22H,1-2H3,(H2,19,23,24). The zero-order chi connectivity index (χ0) is 19.9. The van der Waals surface area contributed by atoms with Gasteiger partial charge in [-0.25, -0.2) is 10.1 Å². The number of pyridine rings is 1. The molecule has 0 fully saturated rings. The van der Waals surface area contributed by atoms with Crippen molar-refractivity contribution in [2.75, 3.05) is 18.9 Å². The maximum absolute atomic E-state index is 11.1. The quantitative estimate of drug-likeness (QED) is 0.527. The molecular weight excluding hydrogens is 384 g/mol. The number of fused-ring (bicyclic) bond motifs is 3. The number of ether oxygens (including phenoxy) is 2. The average molecular weight is 400 g/mol. The van der Waals surface area contributed by atoms with Crippen LogP contribution in [0.2, 0.25) is 0 Å². The maximum atomic E-state index is 11.1. The third-order valence-electron chi connectivity index (χ3n) is 4.12. The molecule has 3 N–H and O–H groups in total. The van der Waals surface area contributed by atoms with Gasteiger partial charge in [-0.2, -0.15) is 8.42 Å². The third kappa shape index (κ3) is 3.30. The Bertz CT molecular complexity index is 1280. The van der Waals surface area contributed by atoms with E-state index in [-0.39, 0.29) is 0 Å². The fourth-order valence-corrected chi connectivity index (χ4v) is 3.33. The Morgan fingerprint density at radius 3 is 2.36 bits per heavy atom. The first-order valence-electron chi connectivity index (χ1n) is 8.10. The van der Waals surface area contributed by atoms with Gasteiger partial charge >= 0.3 is 0 Å². The highest BCUT2D eigenvalue weighted by Crippen LogP contribution is 2.36. The summed E-state index contributed by atoms with van der Waals surface area (Å²) >= 11 is 0. The molecule has 0 radical (unpaired) electrons. The van der Waals surface area contributed by atoms with E-state index in [1.807, 2.05) is 0 Å². The fraction of sp³-hybridized carbons (Fsp3) is 0.111. The van der Waals surface area contributed by atoms with Crippen LogP contribution in [0.3, 0.4) is 0 Å². The van der Waals surface area contributed by atoms with Gasteiger partial charge in [0, 0.05) is 22.7 Å². The fourth-order valence-electron chi connectivity index (χ4n) is 2.87. The van der Waals surface area contributed by atoms with E-state index in [9.17, 15) is 8.42 Å². The third-order valence-corrected chi connectivity index (χ3v) is 4.64. The number of oxazole rings is 1. The molecule has 4 aromatic rings. The Balaban J connectivity index is 1.80. The molecule has 9 nitrogen and oxygen atoms in total. The smallest absolute Gasteiger partial charge is 0.296 e. The molecule has 0 saturated carbocycles. The summed E-state index contributed by atoms with van der Waals surface area (Å²) in [4.78, 5) is 8.88. The van der Waals surface area contributed by atoms with Gasteiger partial charge in [0.25, 0.3) is 10.2 Å². The summed E-state index contributed by atoms with van der Waals surface area (Å²) in [5.74, 6) is 1.50. The van der Waals surface area contributed by atoms with Gasteiger partial charge in [-0.1, -0.05) is 0 Å². The number of benzene rings is 2. The van der Waals surface area contributed by atoms with Crippen molar-refractivity contribution in [1.82, 2.24) is 9.97 Å². The summed E-state index contributed by atoms with van der Waals surface area (Å²) < 4.78 is 41.0. The van der Waals surface area contributed by atoms with Gasteiger partial charge < -0.3 is 13.9 Å². The van der Waals surface area contributed by atoms with Crippen LogP contribution < -0.4 is 19.3 Å². The van der Waals surface area contributed by atoms with Crippen LogP contribution in [0, 0.1) is 0 Å². The highest BCUT2D eigenvalue weighted by Gasteiger charge is 2.15. The Labute approximate surface area is 160 Å². The highest BCUT2D eigenvalue weighted by atomic mass is 32.2. The minimum atomic E-state index is -3.83. The Kier molecular flexibility index (Phi) is 4.28. The van der Waals surface area contributed by atoms with Crippen molar-refractivity contribution in [1.29, 1.82) is 0 Å². The predicted molar refractivity (Wildman–Crippen MR) is 105 cm³/mol. The number of nitrogens with zero attached hydrogens (tertiary/aromatic N) is 2. The molecule has 0 unspecified atom stereocenters. The number of anilines is 1. The first-order valence-corrected chi connectivity index (χ1v) is 9.65. The van der Waals surface area contributed by atoms with Gasteiger partial charge in [0.1, 0.15) is 5.52 Å². The number of rotatable bonds is 5. The van der Waals surface area contributed by atoms with E-state index in [4.69, 9.17) is 19.0 Å². The lowest BCUT2D eigenvalue weighted by atomic mass is 10.2. The summed E-state index contributed by atoms with van der Waals surface area (Å²) in [7, 11) is -0.717. The molecule has 0 amide bonds. The summed E-state index contributed by atoms with van der Waals surface area (Å²) in [6, 6.07) is 10.0. The highest BCUT2D eigenvalue weighted by molar-refractivity contribution is 7.90. The Hall–Kier alpha value is -3.37. The number of hydrogen-bond donors (Lipinski definition) is 2. The largest absolute Gasteiger partial charge is 0.493 e. The number of hydrogen-bond acceptors (Lipinski definition) is 7. The normalized spacial score (nSPS) is 11.7. The van der Waals surface area contributed by atoms with E-state index < -0.39 is 10.2 Å². The summed E-state index contributed by atoms with van der Waals surface area (Å²) in [5, 5.41) is 5.71. The van der Waals surface area contributed by atoms with Crippen molar-refractivity contribution in [3.63, 3.8) is 0 Å². The summed E-state index contributed by atoms with van der Waals surface area (Å²) in [6.07, 6.45) is 1.62. The molecule has 0 aliphatic carbocycles. The lowest BCUT2D eigenvalue weighted by Crippen LogP contribution is -2.21. The van der Waals surface area contributed by atoms with Crippen LogP contribution in [-0.4, -0.2) is 32.6 Å². The molecule has 0 atom stereocenters. The van der Waals surface area contributed by atoms with Crippen molar-refractivity contribution in [2.24, 2.45) is 5.14 Å². The van der Waals surface area contributed by atoms with Gasteiger partial charge in [-0.05, 0) is 30.3 Å². The van der Waals surface area contributed by atoms with E-state index in [2.05, 4.69) is 14.7 Å². The zero-order valence-electron chi connectivity index (χ0n) is 15.0. The van der Waals surface area contributed by atoms with Crippen LogP contribution in [0.5, 0.6) is 11.5 Å². The van der Waals surface area contributed by atoms with Crippen molar-refractivity contribution in [2.45, 2.75) is 0 Å². The molecule has 28 heavy (non-hydrogen) atoms. The molecule has 10 heteroatoms. The second kappa shape index (κ2) is 6.66.